The third-order valence-corrected chi connectivity index (χ3v) is 3.17. The molecule has 4 nitrogen and oxygen atoms in total. The SMILES string of the molecule is Cc1cccc(C(=O)Nc2cc3ccccc3oc2=O)c1. The molecule has 3 rings (SSSR count). The largest absolute Gasteiger partial charge is 0.421 e. The van der Waals surface area contributed by atoms with E-state index in [1.54, 1.807) is 36.4 Å². The Morgan fingerprint density at radius 3 is 2.67 bits per heavy atom. The molecule has 21 heavy (non-hydrogen) atoms. The van der Waals surface area contributed by atoms with Crippen molar-refractivity contribution in [1.82, 2.24) is 0 Å². The van der Waals surface area contributed by atoms with Gasteiger partial charge >= 0.3 is 5.63 Å². The molecular formula is C17H13NO3. The minimum absolute atomic E-state index is 0.139. The van der Waals surface area contributed by atoms with E-state index < -0.39 is 5.63 Å². The Balaban J connectivity index is 1.96. The van der Waals surface area contributed by atoms with Crippen molar-refractivity contribution in [1.29, 1.82) is 0 Å². The number of benzene rings is 2. The van der Waals surface area contributed by atoms with Crippen molar-refractivity contribution in [2.24, 2.45) is 0 Å². The normalized spacial score (nSPS) is 10.5. The van der Waals surface area contributed by atoms with Gasteiger partial charge in [-0.15, -0.1) is 0 Å². The molecular weight excluding hydrogens is 266 g/mol. The van der Waals surface area contributed by atoms with Gasteiger partial charge in [0, 0.05) is 10.9 Å². The van der Waals surface area contributed by atoms with Crippen molar-refractivity contribution >= 4 is 22.6 Å². The molecule has 4 heteroatoms. The zero-order chi connectivity index (χ0) is 14.8. The molecule has 0 unspecified atom stereocenters. The van der Waals surface area contributed by atoms with E-state index in [4.69, 9.17) is 4.42 Å². The molecule has 0 bridgehead atoms. The van der Waals surface area contributed by atoms with Crippen LogP contribution in [0, 0.1) is 6.92 Å². The molecule has 1 aromatic heterocycles. The van der Waals surface area contributed by atoms with Gasteiger partial charge in [-0.05, 0) is 31.2 Å². The van der Waals surface area contributed by atoms with Crippen molar-refractivity contribution in [3.05, 3.63) is 76.1 Å². The Hall–Kier alpha value is -2.88. The van der Waals surface area contributed by atoms with Crippen LogP contribution in [0.25, 0.3) is 11.0 Å². The van der Waals surface area contributed by atoms with Gasteiger partial charge in [0.05, 0.1) is 0 Å². The van der Waals surface area contributed by atoms with Gasteiger partial charge < -0.3 is 9.73 Å². The van der Waals surface area contributed by atoms with E-state index >= 15 is 0 Å². The first-order valence-electron chi connectivity index (χ1n) is 6.54. The molecule has 0 atom stereocenters. The van der Waals surface area contributed by atoms with Crippen molar-refractivity contribution in [2.45, 2.75) is 6.92 Å². The quantitative estimate of drug-likeness (QED) is 0.732. The smallest absolute Gasteiger partial charge is 0.360 e. The van der Waals surface area contributed by atoms with E-state index in [1.807, 2.05) is 25.1 Å². The second-order valence-corrected chi connectivity index (χ2v) is 4.81. The summed E-state index contributed by atoms with van der Waals surface area (Å²) in [4.78, 5) is 24.0. The third-order valence-electron chi connectivity index (χ3n) is 3.17. The predicted octanol–water partition coefficient (Wildman–Crippen LogP) is 3.35. The summed E-state index contributed by atoms with van der Waals surface area (Å²) in [5.41, 5.74) is 1.56. The van der Waals surface area contributed by atoms with Gasteiger partial charge in [0.25, 0.3) is 5.91 Å². The molecule has 2 aromatic carbocycles. The summed E-state index contributed by atoms with van der Waals surface area (Å²) in [7, 11) is 0. The number of anilines is 1. The highest BCUT2D eigenvalue weighted by Crippen LogP contribution is 2.16. The van der Waals surface area contributed by atoms with Crippen LogP contribution in [0.5, 0.6) is 0 Å². The molecule has 0 fully saturated rings. The summed E-state index contributed by atoms with van der Waals surface area (Å²) in [5, 5.41) is 3.36. The molecule has 0 spiro atoms. The first kappa shape index (κ1) is 13.1. The van der Waals surface area contributed by atoms with Crippen molar-refractivity contribution in [2.75, 3.05) is 5.32 Å². The number of hydrogen-bond donors (Lipinski definition) is 1. The maximum atomic E-state index is 12.2. The Labute approximate surface area is 121 Å². The number of aryl methyl sites for hydroxylation is 1. The Morgan fingerprint density at radius 2 is 1.86 bits per heavy atom. The molecule has 104 valence electrons. The van der Waals surface area contributed by atoms with Crippen LogP contribution in [-0.4, -0.2) is 5.91 Å². The maximum Gasteiger partial charge on any atom is 0.360 e. The van der Waals surface area contributed by atoms with Crippen molar-refractivity contribution in [3.8, 4) is 0 Å². The van der Waals surface area contributed by atoms with Crippen LogP contribution in [0.4, 0.5) is 5.69 Å². The van der Waals surface area contributed by atoms with E-state index in [1.165, 1.54) is 0 Å². The molecule has 0 aliphatic carbocycles. The third kappa shape index (κ3) is 2.69. The fraction of sp³-hybridized carbons (Fsp3) is 0.0588. The van der Waals surface area contributed by atoms with Crippen LogP contribution < -0.4 is 10.9 Å². The lowest BCUT2D eigenvalue weighted by Gasteiger charge is -2.05. The predicted molar refractivity (Wildman–Crippen MR) is 81.6 cm³/mol. The van der Waals surface area contributed by atoms with Crippen molar-refractivity contribution in [3.63, 3.8) is 0 Å². The number of para-hydroxylation sites is 1. The molecule has 0 aliphatic heterocycles. The van der Waals surface area contributed by atoms with Crippen LogP contribution >= 0.6 is 0 Å². The summed E-state index contributed by atoms with van der Waals surface area (Å²) in [5.74, 6) is -0.332. The van der Waals surface area contributed by atoms with E-state index in [0.717, 1.165) is 10.9 Å². The fourth-order valence-corrected chi connectivity index (χ4v) is 2.13. The molecule has 3 aromatic rings. The number of carbonyl (C=O) groups excluding carboxylic acids is 1. The van der Waals surface area contributed by atoms with Gasteiger partial charge in [-0.1, -0.05) is 35.9 Å². The van der Waals surface area contributed by atoms with Crippen LogP contribution in [0.1, 0.15) is 15.9 Å². The number of nitrogens with one attached hydrogen (secondary N) is 1. The van der Waals surface area contributed by atoms with Crippen LogP contribution in [0.3, 0.4) is 0 Å². The van der Waals surface area contributed by atoms with Crippen LogP contribution in [0.15, 0.2) is 63.8 Å². The summed E-state index contributed by atoms with van der Waals surface area (Å²) >= 11 is 0. The lowest BCUT2D eigenvalue weighted by molar-refractivity contribution is 0.102. The average molecular weight is 279 g/mol. The first-order chi connectivity index (χ1) is 10.1. The number of rotatable bonds is 2. The number of carbonyl (C=O) groups is 1. The summed E-state index contributed by atoms with van der Waals surface area (Å²) in [6.07, 6.45) is 0. The molecule has 0 aliphatic rings. The molecule has 1 N–H and O–H groups in total. The highest BCUT2D eigenvalue weighted by Gasteiger charge is 2.10. The minimum Gasteiger partial charge on any atom is -0.421 e. The topological polar surface area (TPSA) is 59.3 Å². The Kier molecular flexibility index (Phi) is 3.28. The van der Waals surface area contributed by atoms with Gasteiger partial charge in [-0.3, -0.25) is 4.79 Å². The highest BCUT2D eigenvalue weighted by atomic mass is 16.4. The average Bonchev–Trinajstić information content (AvgIpc) is 2.48. The molecule has 0 saturated carbocycles. The van der Waals surface area contributed by atoms with E-state index in [9.17, 15) is 9.59 Å². The summed E-state index contributed by atoms with van der Waals surface area (Å²) < 4.78 is 5.18. The lowest BCUT2D eigenvalue weighted by atomic mass is 10.1. The van der Waals surface area contributed by atoms with E-state index in [-0.39, 0.29) is 11.6 Å². The summed E-state index contributed by atoms with van der Waals surface area (Å²) in [6.45, 7) is 1.90. The Bertz CT molecular complexity index is 880. The zero-order valence-corrected chi connectivity index (χ0v) is 11.4. The van der Waals surface area contributed by atoms with Gasteiger partial charge in [-0.2, -0.15) is 0 Å². The first-order valence-corrected chi connectivity index (χ1v) is 6.54. The number of fused-ring (bicyclic) bond motifs is 1. The van der Waals surface area contributed by atoms with Gasteiger partial charge in [0.2, 0.25) is 0 Å². The van der Waals surface area contributed by atoms with Gasteiger partial charge in [-0.25, -0.2) is 4.79 Å². The van der Waals surface area contributed by atoms with Crippen molar-refractivity contribution < 1.29 is 9.21 Å². The monoisotopic (exact) mass is 279 g/mol. The highest BCUT2D eigenvalue weighted by molar-refractivity contribution is 6.04. The van der Waals surface area contributed by atoms with Gasteiger partial charge in [0.15, 0.2) is 0 Å². The molecule has 0 radical (unpaired) electrons. The number of hydrogen-bond acceptors (Lipinski definition) is 3. The van der Waals surface area contributed by atoms with Crippen LogP contribution in [0.2, 0.25) is 0 Å². The Morgan fingerprint density at radius 1 is 1.05 bits per heavy atom. The molecule has 1 amide bonds. The van der Waals surface area contributed by atoms with Gasteiger partial charge in [0.1, 0.15) is 11.3 Å². The lowest BCUT2D eigenvalue weighted by Crippen LogP contribution is -2.17. The maximum absolute atomic E-state index is 12.2. The zero-order valence-electron chi connectivity index (χ0n) is 11.4. The minimum atomic E-state index is -0.560. The van der Waals surface area contributed by atoms with E-state index in [0.29, 0.717) is 11.1 Å². The fourth-order valence-electron chi connectivity index (χ4n) is 2.13. The molecule has 1 heterocycles. The molecule has 0 saturated heterocycles. The second kappa shape index (κ2) is 5.25. The second-order valence-electron chi connectivity index (χ2n) is 4.81. The number of amides is 1. The van der Waals surface area contributed by atoms with Crippen LogP contribution in [-0.2, 0) is 0 Å². The summed E-state index contributed by atoms with van der Waals surface area (Å²) in [6, 6.07) is 15.9. The standard InChI is InChI=1S/C17H13NO3/c1-11-5-4-7-13(9-11)16(19)18-14-10-12-6-2-3-8-15(12)21-17(14)20/h2-10H,1H3,(H,18,19). The van der Waals surface area contributed by atoms with E-state index in [2.05, 4.69) is 5.32 Å².